The number of hydrogen-bond donors (Lipinski definition) is 0. The van der Waals surface area contributed by atoms with E-state index < -0.39 is 0 Å². The average Bonchev–Trinajstić information content (AvgIpc) is 2.45. The highest BCUT2D eigenvalue weighted by Gasteiger charge is 2.01. The molecule has 0 bridgehead atoms. The maximum atomic E-state index is 8.90. The summed E-state index contributed by atoms with van der Waals surface area (Å²) in [5.41, 5.74) is 1.83. The van der Waals surface area contributed by atoms with Crippen molar-refractivity contribution >= 4 is 0 Å². The lowest BCUT2D eigenvalue weighted by molar-refractivity contribution is 0.309. The maximum Gasteiger partial charge on any atom is 0.155 e. The van der Waals surface area contributed by atoms with Crippen LogP contribution in [0.4, 0.5) is 0 Å². The molecule has 0 fully saturated rings. The van der Waals surface area contributed by atoms with E-state index >= 15 is 0 Å². The van der Waals surface area contributed by atoms with Gasteiger partial charge in [-0.25, -0.2) is 0 Å². The molecule has 0 N–H and O–H groups in total. The van der Waals surface area contributed by atoms with Crippen LogP contribution < -0.4 is 4.74 Å². The van der Waals surface area contributed by atoms with Crippen LogP contribution in [0.15, 0.2) is 48.8 Å². The lowest BCUT2D eigenvalue weighted by Gasteiger charge is -2.06. The van der Waals surface area contributed by atoms with Gasteiger partial charge in [-0.15, -0.1) is 0 Å². The molecule has 90 valence electrons. The van der Waals surface area contributed by atoms with Gasteiger partial charge in [0.15, 0.2) is 5.75 Å². The van der Waals surface area contributed by atoms with Gasteiger partial charge in [0.25, 0.3) is 0 Å². The highest BCUT2D eigenvalue weighted by molar-refractivity contribution is 5.40. The summed E-state index contributed by atoms with van der Waals surface area (Å²) >= 11 is 0. The number of ether oxygens (including phenoxy) is 1. The minimum atomic E-state index is 0.532. The molecule has 3 nitrogen and oxygen atoms in total. The van der Waals surface area contributed by atoms with E-state index in [1.165, 1.54) is 5.56 Å². The molecule has 1 heterocycles. The van der Waals surface area contributed by atoms with Crippen molar-refractivity contribution in [3.05, 3.63) is 59.9 Å². The van der Waals surface area contributed by atoms with Crippen LogP contribution in [0.5, 0.6) is 5.75 Å². The molecule has 1 aromatic heterocycles. The average molecular weight is 238 g/mol. The summed E-state index contributed by atoms with van der Waals surface area (Å²) in [6, 6.07) is 14.0. The first kappa shape index (κ1) is 12.1. The zero-order valence-corrected chi connectivity index (χ0v) is 10.0. The van der Waals surface area contributed by atoms with Crippen LogP contribution in [-0.4, -0.2) is 11.6 Å². The lowest BCUT2D eigenvalue weighted by Crippen LogP contribution is -2.01. The molecule has 2 rings (SSSR count). The van der Waals surface area contributed by atoms with Crippen LogP contribution >= 0.6 is 0 Å². The Morgan fingerprint density at radius 3 is 2.78 bits per heavy atom. The zero-order chi connectivity index (χ0) is 12.6. The summed E-state index contributed by atoms with van der Waals surface area (Å²) in [6.45, 7) is 0.593. The first-order valence-electron chi connectivity index (χ1n) is 5.91. The van der Waals surface area contributed by atoms with Crippen LogP contribution in [0.25, 0.3) is 0 Å². The van der Waals surface area contributed by atoms with Crippen LogP contribution in [0.1, 0.15) is 17.5 Å². The van der Waals surface area contributed by atoms with Gasteiger partial charge in [0.2, 0.25) is 0 Å². The second kappa shape index (κ2) is 6.41. The van der Waals surface area contributed by atoms with E-state index in [0.717, 1.165) is 12.8 Å². The van der Waals surface area contributed by atoms with Gasteiger partial charge in [0.05, 0.1) is 18.4 Å². The Hall–Kier alpha value is -2.34. The third-order valence-electron chi connectivity index (χ3n) is 2.62. The Morgan fingerprint density at radius 1 is 1.17 bits per heavy atom. The van der Waals surface area contributed by atoms with Crippen molar-refractivity contribution < 1.29 is 4.74 Å². The van der Waals surface area contributed by atoms with E-state index in [-0.39, 0.29) is 0 Å². The molecule has 0 unspecified atom stereocenters. The van der Waals surface area contributed by atoms with Gasteiger partial charge >= 0.3 is 0 Å². The number of nitriles is 1. The molecular weight excluding hydrogens is 224 g/mol. The van der Waals surface area contributed by atoms with E-state index in [9.17, 15) is 0 Å². The molecule has 0 aliphatic heterocycles. The Labute approximate surface area is 107 Å². The second-order valence-corrected chi connectivity index (χ2v) is 3.92. The molecule has 0 aliphatic carbocycles. The summed E-state index contributed by atoms with van der Waals surface area (Å²) in [5.74, 6) is 0.563. The fraction of sp³-hybridized carbons (Fsp3) is 0.200. The number of rotatable bonds is 5. The molecule has 0 radical (unpaired) electrons. The van der Waals surface area contributed by atoms with Gasteiger partial charge in [-0.1, -0.05) is 30.3 Å². The van der Waals surface area contributed by atoms with Gasteiger partial charge in [-0.3, -0.25) is 4.98 Å². The molecule has 3 heteroatoms. The van der Waals surface area contributed by atoms with Gasteiger partial charge in [-0.2, -0.15) is 5.26 Å². The molecule has 0 saturated heterocycles. The summed E-state index contributed by atoms with van der Waals surface area (Å²) in [4.78, 5) is 3.95. The second-order valence-electron chi connectivity index (χ2n) is 3.92. The predicted octanol–water partition coefficient (Wildman–Crippen LogP) is 2.96. The van der Waals surface area contributed by atoms with E-state index in [2.05, 4.69) is 23.2 Å². The van der Waals surface area contributed by atoms with Crippen LogP contribution in [0, 0.1) is 11.3 Å². The van der Waals surface area contributed by atoms with Crippen molar-refractivity contribution in [1.29, 1.82) is 5.26 Å². The smallest absolute Gasteiger partial charge is 0.155 e. The summed E-state index contributed by atoms with van der Waals surface area (Å²) in [5, 5.41) is 8.90. The molecule has 0 spiro atoms. The molecule has 0 atom stereocenters. The molecule has 2 aromatic rings. The van der Waals surface area contributed by atoms with E-state index in [1.54, 1.807) is 18.5 Å². The number of hydrogen-bond acceptors (Lipinski definition) is 3. The first-order chi connectivity index (χ1) is 8.90. The van der Waals surface area contributed by atoms with Gasteiger partial charge < -0.3 is 4.74 Å². The highest BCUT2D eigenvalue weighted by atomic mass is 16.5. The largest absolute Gasteiger partial charge is 0.491 e. The number of aromatic nitrogens is 1. The Bertz CT molecular complexity index is 532. The molecular formula is C15H14N2O. The Balaban J connectivity index is 1.81. The highest BCUT2D eigenvalue weighted by Crippen LogP contribution is 2.15. The molecule has 0 amide bonds. The van der Waals surface area contributed by atoms with E-state index in [1.807, 2.05) is 18.2 Å². The molecule has 18 heavy (non-hydrogen) atoms. The lowest BCUT2D eigenvalue weighted by atomic mass is 10.1. The summed E-state index contributed by atoms with van der Waals surface area (Å²) in [6.07, 6.45) is 5.07. The number of aryl methyl sites for hydroxylation is 1. The van der Waals surface area contributed by atoms with Gasteiger partial charge in [-0.05, 0) is 24.5 Å². The van der Waals surface area contributed by atoms with Crippen molar-refractivity contribution in [2.75, 3.05) is 6.61 Å². The summed E-state index contributed by atoms with van der Waals surface area (Å²) in [7, 11) is 0. The standard InChI is InChI=1S/C15H14N2O/c16-11-14-8-9-17-12-15(14)18-10-4-7-13-5-2-1-3-6-13/h1-3,5-6,8-9,12H,4,7,10H2. The quantitative estimate of drug-likeness (QED) is 0.752. The van der Waals surface area contributed by atoms with Crippen molar-refractivity contribution in [2.24, 2.45) is 0 Å². The van der Waals surface area contributed by atoms with E-state index in [0.29, 0.717) is 17.9 Å². The topological polar surface area (TPSA) is 45.9 Å². The van der Waals surface area contributed by atoms with Crippen molar-refractivity contribution in [1.82, 2.24) is 4.98 Å². The third-order valence-corrected chi connectivity index (χ3v) is 2.62. The monoisotopic (exact) mass is 238 g/mol. The fourth-order valence-corrected chi connectivity index (χ4v) is 1.69. The van der Waals surface area contributed by atoms with E-state index in [4.69, 9.17) is 10.00 Å². The van der Waals surface area contributed by atoms with Crippen molar-refractivity contribution in [3.63, 3.8) is 0 Å². The molecule has 0 aliphatic rings. The van der Waals surface area contributed by atoms with Crippen molar-refractivity contribution in [2.45, 2.75) is 12.8 Å². The third kappa shape index (κ3) is 3.33. The minimum Gasteiger partial charge on any atom is -0.491 e. The minimum absolute atomic E-state index is 0.532. The molecule has 0 saturated carbocycles. The Kier molecular flexibility index (Phi) is 4.32. The SMILES string of the molecule is N#Cc1ccncc1OCCCc1ccccc1. The fourth-order valence-electron chi connectivity index (χ4n) is 1.69. The zero-order valence-electron chi connectivity index (χ0n) is 10.0. The number of benzene rings is 1. The van der Waals surface area contributed by atoms with Crippen LogP contribution in [0.2, 0.25) is 0 Å². The maximum absolute atomic E-state index is 8.90. The van der Waals surface area contributed by atoms with Gasteiger partial charge in [0.1, 0.15) is 6.07 Å². The van der Waals surface area contributed by atoms with Crippen LogP contribution in [-0.2, 0) is 6.42 Å². The van der Waals surface area contributed by atoms with Gasteiger partial charge in [0, 0.05) is 6.20 Å². The van der Waals surface area contributed by atoms with Crippen molar-refractivity contribution in [3.8, 4) is 11.8 Å². The van der Waals surface area contributed by atoms with Crippen LogP contribution in [0.3, 0.4) is 0 Å². The first-order valence-corrected chi connectivity index (χ1v) is 5.91. The Morgan fingerprint density at radius 2 is 2.00 bits per heavy atom. The summed E-state index contributed by atoms with van der Waals surface area (Å²) < 4.78 is 5.56. The number of pyridine rings is 1. The predicted molar refractivity (Wildman–Crippen MR) is 69.2 cm³/mol. The molecule has 1 aromatic carbocycles. The normalized spacial score (nSPS) is 9.72. The number of nitrogens with zero attached hydrogens (tertiary/aromatic N) is 2.